The molecule has 0 atom stereocenters. The van der Waals surface area contributed by atoms with E-state index in [2.05, 4.69) is 10.3 Å². The summed E-state index contributed by atoms with van der Waals surface area (Å²) in [4.78, 5) is 6.33. The third kappa shape index (κ3) is 4.96. The SMILES string of the molecule is CN=C(NCc1ccoc1)N(C)Cc1cc(Cl)cn1C.I. The van der Waals surface area contributed by atoms with Crippen LogP contribution in [0.1, 0.15) is 11.3 Å². The predicted octanol–water partition coefficient (Wildman–Crippen LogP) is 3.10. The Hall–Kier alpha value is -1.15. The average molecular weight is 423 g/mol. The zero-order chi connectivity index (χ0) is 14.5. The molecule has 2 aromatic heterocycles. The van der Waals surface area contributed by atoms with Crippen LogP contribution in [-0.2, 0) is 20.1 Å². The number of guanidine groups is 1. The summed E-state index contributed by atoms with van der Waals surface area (Å²) in [5, 5.41) is 4.04. The Morgan fingerprint density at radius 1 is 1.52 bits per heavy atom. The number of furan rings is 1. The maximum absolute atomic E-state index is 6.00. The molecule has 0 aliphatic rings. The lowest BCUT2D eigenvalue weighted by molar-refractivity contribution is 0.461. The van der Waals surface area contributed by atoms with Crippen LogP contribution in [0.5, 0.6) is 0 Å². The zero-order valence-electron chi connectivity index (χ0n) is 12.3. The minimum absolute atomic E-state index is 0. The fourth-order valence-electron chi connectivity index (χ4n) is 2.00. The maximum atomic E-state index is 6.00. The highest BCUT2D eigenvalue weighted by Gasteiger charge is 2.09. The molecule has 7 heteroatoms. The number of hydrogen-bond acceptors (Lipinski definition) is 2. The third-order valence-electron chi connectivity index (χ3n) is 3.08. The molecular formula is C14H20ClIN4O. The second kappa shape index (κ2) is 8.33. The molecule has 0 saturated heterocycles. The molecule has 116 valence electrons. The van der Waals surface area contributed by atoms with Crippen LogP contribution in [0.2, 0.25) is 5.02 Å². The summed E-state index contributed by atoms with van der Waals surface area (Å²) < 4.78 is 7.06. The van der Waals surface area contributed by atoms with Crippen molar-refractivity contribution in [1.82, 2.24) is 14.8 Å². The summed E-state index contributed by atoms with van der Waals surface area (Å²) in [6.45, 7) is 1.41. The van der Waals surface area contributed by atoms with Crippen LogP contribution in [0.3, 0.4) is 0 Å². The summed E-state index contributed by atoms with van der Waals surface area (Å²) in [6.07, 6.45) is 5.28. The molecule has 2 heterocycles. The smallest absolute Gasteiger partial charge is 0.194 e. The van der Waals surface area contributed by atoms with E-state index in [1.54, 1.807) is 19.6 Å². The van der Waals surface area contributed by atoms with Crippen LogP contribution in [0.15, 0.2) is 40.3 Å². The van der Waals surface area contributed by atoms with Crippen molar-refractivity contribution in [3.8, 4) is 0 Å². The van der Waals surface area contributed by atoms with E-state index in [0.29, 0.717) is 6.54 Å². The van der Waals surface area contributed by atoms with E-state index >= 15 is 0 Å². The molecule has 0 unspecified atom stereocenters. The molecular weight excluding hydrogens is 403 g/mol. The van der Waals surface area contributed by atoms with E-state index < -0.39 is 0 Å². The van der Waals surface area contributed by atoms with Crippen LogP contribution in [0.4, 0.5) is 0 Å². The second-order valence-electron chi connectivity index (χ2n) is 4.65. The van der Waals surface area contributed by atoms with Gasteiger partial charge in [0.15, 0.2) is 5.96 Å². The van der Waals surface area contributed by atoms with Crippen molar-refractivity contribution >= 4 is 41.5 Å². The Kier molecular flexibility index (Phi) is 7.10. The normalized spacial score (nSPS) is 11.1. The van der Waals surface area contributed by atoms with Crippen molar-refractivity contribution in [2.24, 2.45) is 12.0 Å². The van der Waals surface area contributed by atoms with Crippen LogP contribution in [0, 0.1) is 0 Å². The summed E-state index contributed by atoms with van der Waals surface area (Å²) in [6, 6.07) is 3.89. The number of aryl methyl sites for hydroxylation is 1. The first-order valence-electron chi connectivity index (χ1n) is 6.33. The van der Waals surface area contributed by atoms with E-state index in [-0.39, 0.29) is 24.0 Å². The molecule has 0 bridgehead atoms. The van der Waals surface area contributed by atoms with Gasteiger partial charge in [-0.1, -0.05) is 11.6 Å². The Bertz CT molecular complexity index is 580. The van der Waals surface area contributed by atoms with E-state index in [1.807, 2.05) is 41.9 Å². The highest BCUT2D eigenvalue weighted by atomic mass is 127. The standard InChI is InChI=1S/C14H19ClN4O.HI/c1-16-14(17-7-11-4-5-20-10-11)19(3)9-13-6-12(15)8-18(13)2;/h4-6,8,10H,7,9H2,1-3H3,(H,16,17);1H. The predicted molar refractivity (Wildman–Crippen MR) is 96.2 cm³/mol. The van der Waals surface area contributed by atoms with E-state index in [9.17, 15) is 0 Å². The Morgan fingerprint density at radius 3 is 2.81 bits per heavy atom. The number of rotatable bonds is 4. The molecule has 1 N–H and O–H groups in total. The van der Waals surface area contributed by atoms with Crippen molar-refractivity contribution in [2.45, 2.75) is 13.1 Å². The Balaban J connectivity index is 0.00000220. The van der Waals surface area contributed by atoms with Gasteiger partial charge in [0.25, 0.3) is 0 Å². The summed E-state index contributed by atoms with van der Waals surface area (Å²) >= 11 is 6.00. The topological polar surface area (TPSA) is 45.7 Å². The van der Waals surface area contributed by atoms with Crippen LogP contribution < -0.4 is 5.32 Å². The maximum Gasteiger partial charge on any atom is 0.194 e. The molecule has 0 fully saturated rings. The first kappa shape index (κ1) is 17.9. The lowest BCUT2D eigenvalue weighted by atomic mass is 10.3. The molecule has 21 heavy (non-hydrogen) atoms. The van der Waals surface area contributed by atoms with Crippen molar-refractivity contribution in [2.75, 3.05) is 14.1 Å². The highest BCUT2D eigenvalue weighted by molar-refractivity contribution is 14.0. The van der Waals surface area contributed by atoms with Gasteiger partial charge in [0.1, 0.15) is 0 Å². The first-order chi connectivity index (χ1) is 9.60. The molecule has 5 nitrogen and oxygen atoms in total. The third-order valence-corrected chi connectivity index (χ3v) is 3.28. The van der Waals surface area contributed by atoms with Gasteiger partial charge in [-0.05, 0) is 12.1 Å². The molecule has 0 saturated carbocycles. The van der Waals surface area contributed by atoms with Gasteiger partial charge in [0, 0.05) is 45.1 Å². The summed E-state index contributed by atoms with van der Waals surface area (Å²) in [5.74, 6) is 0.823. The van der Waals surface area contributed by atoms with Gasteiger partial charge in [-0.15, -0.1) is 24.0 Å². The number of halogens is 2. The quantitative estimate of drug-likeness (QED) is 0.468. The monoisotopic (exact) mass is 422 g/mol. The van der Waals surface area contributed by atoms with Crippen molar-refractivity contribution in [3.05, 3.63) is 47.1 Å². The minimum Gasteiger partial charge on any atom is -0.472 e. The van der Waals surface area contributed by atoms with E-state index in [0.717, 1.165) is 28.8 Å². The van der Waals surface area contributed by atoms with Crippen LogP contribution >= 0.6 is 35.6 Å². The molecule has 2 rings (SSSR count). The summed E-state index contributed by atoms with van der Waals surface area (Å²) in [5.41, 5.74) is 2.21. The van der Waals surface area contributed by atoms with Gasteiger partial charge in [0.2, 0.25) is 0 Å². The largest absolute Gasteiger partial charge is 0.472 e. The molecule has 0 amide bonds. The van der Waals surface area contributed by atoms with Gasteiger partial charge >= 0.3 is 0 Å². The second-order valence-corrected chi connectivity index (χ2v) is 5.09. The highest BCUT2D eigenvalue weighted by Crippen LogP contribution is 2.14. The molecule has 2 aromatic rings. The molecule has 0 spiro atoms. The Labute approximate surface area is 147 Å². The first-order valence-corrected chi connectivity index (χ1v) is 6.71. The van der Waals surface area contributed by atoms with Crippen molar-refractivity contribution in [3.63, 3.8) is 0 Å². The van der Waals surface area contributed by atoms with Gasteiger partial charge in [-0.2, -0.15) is 0 Å². The average Bonchev–Trinajstić information content (AvgIpc) is 3.01. The number of aromatic nitrogens is 1. The van der Waals surface area contributed by atoms with E-state index in [1.165, 1.54) is 0 Å². The van der Waals surface area contributed by atoms with Crippen molar-refractivity contribution < 1.29 is 4.42 Å². The lowest BCUT2D eigenvalue weighted by Crippen LogP contribution is -2.38. The number of nitrogens with one attached hydrogen (secondary N) is 1. The molecule has 0 radical (unpaired) electrons. The fraction of sp³-hybridized carbons (Fsp3) is 0.357. The minimum atomic E-state index is 0. The summed E-state index contributed by atoms with van der Waals surface area (Å²) in [7, 11) is 5.74. The number of hydrogen-bond donors (Lipinski definition) is 1. The van der Waals surface area contributed by atoms with Gasteiger partial charge in [-0.3, -0.25) is 4.99 Å². The molecule has 0 aromatic carbocycles. The van der Waals surface area contributed by atoms with Gasteiger partial charge in [0.05, 0.1) is 24.1 Å². The number of aliphatic imine (C=N–C) groups is 1. The van der Waals surface area contributed by atoms with Gasteiger partial charge < -0.3 is 19.2 Å². The number of nitrogens with zero attached hydrogens (tertiary/aromatic N) is 3. The van der Waals surface area contributed by atoms with Crippen LogP contribution in [0.25, 0.3) is 0 Å². The van der Waals surface area contributed by atoms with Gasteiger partial charge in [-0.25, -0.2) is 0 Å². The fourth-order valence-corrected chi connectivity index (χ4v) is 2.27. The lowest BCUT2D eigenvalue weighted by Gasteiger charge is -2.22. The zero-order valence-corrected chi connectivity index (χ0v) is 15.4. The van der Waals surface area contributed by atoms with Crippen LogP contribution in [-0.4, -0.2) is 29.5 Å². The van der Waals surface area contributed by atoms with Crippen molar-refractivity contribution in [1.29, 1.82) is 0 Å². The Morgan fingerprint density at radius 2 is 2.29 bits per heavy atom. The van der Waals surface area contributed by atoms with E-state index in [4.69, 9.17) is 16.0 Å². The molecule has 0 aliphatic heterocycles. The molecule has 0 aliphatic carbocycles.